The first kappa shape index (κ1) is 20.0. The van der Waals surface area contributed by atoms with Gasteiger partial charge in [-0.15, -0.1) is 0 Å². The van der Waals surface area contributed by atoms with Gasteiger partial charge in [0.05, 0.1) is 0 Å². The predicted octanol–water partition coefficient (Wildman–Crippen LogP) is 3.83. The first-order valence-corrected chi connectivity index (χ1v) is 9.92. The van der Waals surface area contributed by atoms with Crippen molar-refractivity contribution < 1.29 is 9.84 Å². The molecule has 146 valence electrons. The van der Waals surface area contributed by atoms with Crippen LogP contribution in [0.5, 0.6) is 5.75 Å². The summed E-state index contributed by atoms with van der Waals surface area (Å²) in [7, 11) is 0. The van der Waals surface area contributed by atoms with Crippen molar-refractivity contribution in [1.82, 2.24) is 4.90 Å². The number of nitrogens with zero attached hydrogens (tertiary/aromatic N) is 2. The van der Waals surface area contributed by atoms with Crippen LogP contribution in [0.1, 0.15) is 16.7 Å². The monoisotopic (exact) mass is 388 g/mol. The highest BCUT2D eigenvalue weighted by Crippen LogP contribution is 2.25. The molecule has 0 amide bonds. The number of aliphatic hydroxyl groups is 1. The third-order valence-corrected chi connectivity index (χ3v) is 5.27. The molecular weight excluding hydrogens is 360 g/mol. The van der Waals surface area contributed by atoms with Crippen LogP contribution in [0.3, 0.4) is 0 Å². The summed E-state index contributed by atoms with van der Waals surface area (Å²) in [6, 6.07) is 12.2. The van der Waals surface area contributed by atoms with E-state index < -0.39 is 6.10 Å². The maximum Gasteiger partial charge on any atom is 0.125 e. The smallest absolute Gasteiger partial charge is 0.125 e. The van der Waals surface area contributed by atoms with E-state index in [0.717, 1.165) is 53.8 Å². The molecule has 0 saturated carbocycles. The summed E-state index contributed by atoms with van der Waals surface area (Å²) in [6.07, 6.45) is -0.497. The Labute approximate surface area is 167 Å². The van der Waals surface area contributed by atoms with E-state index in [1.807, 2.05) is 18.2 Å². The van der Waals surface area contributed by atoms with Crippen LogP contribution in [0.2, 0.25) is 5.02 Å². The van der Waals surface area contributed by atoms with Gasteiger partial charge in [-0.1, -0.05) is 35.4 Å². The van der Waals surface area contributed by atoms with Crippen molar-refractivity contribution in [2.45, 2.75) is 26.9 Å². The summed E-state index contributed by atoms with van der Waals surface area (Å²) in [4.78, 5) is 4.63. The van der Waals surface area contributed by atoms with E-state index in [0.29, 0.717) is 13.2 Å². The van der Waals surface area contributed by atoms with Crippen molar-refractivity contribution in [3.05, 3.63) is 58.1 Å². The second kappa shape index (κ2) is 8.96. The number of piperazine rings is 1. The molecule has 27 heavy (non-hydrogen) atoms. The van der Waals surface area contributed by atoms with Crippen molar-refractivity contribution in [1.29, 1.82) is 0 Å². The minimum Gasteiger partial charge on any atom is -0.490 e. The average molecular weight is 389 g/mol. The fourth-order valence-corrected chi connectivity index (χ4v) is 3.97. The summed E-state index contributed by atoms with van der Waals surface area (Å²) in [5.74, 6) is 0.894. The molecule has 0 radical (unpaired) electrons. The molecule has 3 rings (SSSR count). The zero-order valence-corrected chi connectivity index (χ0v) is 17.2. The molecule has 5 heteroatoms. The molecule has 0 bridgehead atoms. The van der Waals surface area contributed by atoms with E-state index in [9.17, 15) is 5.11 Å². The molecule has 1 atom stereocenters. The second-order valence-electron chi connectivity index (χ2n) is 7.46. The van der Waals surface area contributed by atoms with Crippen LogP contribution in [-0.2, 0) is 0 Å². The molecule has 2 aromatic rings. The first-order chi connectivity index (χ1) is 12.9. The van der Waals surface area contributed by atoms with Crippen molar-refractivity contribution >= 4 is 17.3 Å². The average Bonchev–Trinajstić information content (AvgIpc) is 2.61. The minimum absolute atomic E-state index is 0.319. The number of benzene rings is 2. The molecule has 1 fully saturated rings. The number of aliphatic hydroxyl groups excluding tert-OH is 1. The quantitative estimate of drug-likeness (QED) is 0.815. The van der Waals surface area contributed by atoms with E-state index >= 15 is 0 Å². The van der Waals surface area contributed by atoms with Crippen molar-refractivity contribution in [3.63, 3.8) is 0 Å². The van der Waals surface area contributed by atoms with E-state index in [2.05, 4.69) is 48.8 Å². The zero-order chi connectivity index (χ0) is 19.4. The molecule has 1 heterocycles. The van der Waals surface area contributed by atoms with E-state index in [4.69, 9.17) is 16.3 Å². The number of ether oxygens (including phenoxy) is 1. The maximum atomic E-state index is 10.4. The second-order valence-corrected chi connectivity index (χ2v) is 7.90. The topological polar surface area (TPSA) is 35.9 Å². The molecule has 1 aliphatic rings. The molecule has 0 aliphatic carbocycles. The number of β-amino-alcohol motifs (C(OH)–C–C–N with tert-alkyl or cyclic N) is 1. The zero-order valence-electron chi connectivity index (χ0n) is 16.4. The van der Waals surface area contributed by atoms with Crippen LogP contribution >= 0.6 is 11.6 Å². The van der Waals surface area contributed by atoms with Crippen molar-refractivity contribution in [2.75, 3.05) is 44.2 Å². The summed E-state index contributed by atoms with van der Waals surface area (Å²) in [5, 5.41) is 11.2. The lowest BCUT2D eigenvalue weighted by molar-refractivity contribution is 0.0658. The molecule has 1 N–H and O–H groups in total. The molecule has 1 aliphatic heterocycles. The van der Waals surface area contributed by atoms with Gasteiger partial charge in [0.1, 0.15) is 18.5 Å². The SMILES string of the molecule is Cc1cc(C)c(OCC(O)CN2CCN(c3cccc(Cl)c3)CC2)c(C)c1. The Morgan fingerprint density at radius 3 is 2.33 bits per heavy atom. The van der Waals surface area contributed by atoms with Crippen LogP contribution in [0.4, 0.5) is 5.69 Å². The van der Waals surface area contributed by atoms with Gasteiger partial charge in [-0.05, 0) is 50.1 Å². The van der Waals surface area contributed by atoms with Crippen LogP contribution in [0.25, 0.3) is 0 Å². The third-order valence-electron chi connectivity index (χ3n) is 5.04. The molecule has 1 unspecified atom stereocenters. The molecule has 4 nitrogen and oxygen atoms in total. The fourth-order valence-electron chi connectivity index (χ4n) is 3.79. The van der Waals surface area contributed by atoms with Gasteiger partial charge in [0.25, 0.3) is 0 Å². The van der Waals surface area contributed by atoms with Crippen LogP contribution in [-0.4, -0.2) is 55.4 Å². The number of halogens is 1. The van der Waals surface area contributed by atoms with Crippen LogP contribution < -0.4 is 9.64 Å². The van der Waals surface area contributed by atoms with Gasteiger partial charge in [-0.3, -0.25) is 4.90 Å². The summed E-state index contributed by atoms with van der Waals surface area (Å²) < 4.78 is 5.93. The van der Waals surface area contributed by atoms with Gasteiger partial charge in [0, 0.05) is 43.4 Å². The van der Waals surface area contributed by atoms with Crippen molar-refractivity contribution in [2.24, 2.45) is 0 Å². The lowest BCUT2D eigenvalue weighted by Gasteiger charge is -2.37. The van der Waals surface area contributed by atoms with Gasteiger partial charge in [0.15, 0.2) is 0 Å². The summed E-state index contributed by atoms with van der Waals surface area (Å²) in [5.41, 5.74) is 4.64. The van der Waals surface area contributed by atoms with Crippen LogP contribution in [0, 0.1) is 20.8 Å². The van der Waals surface area contributed by atoms with E-state index in [1.165, 1.54) is 5.56 Å². The number of aryl methyl sites for hydroxylation is 3. The highest BCUT2D eigenvalue weighted by atomic mass is 35.5. The Kier molecular flexibility index (Phi) is 6.64. The van der Waals surface area contributed by atoms with E-state index in [1.54, 1.807) is 0 Å². The largest absolute Gasteiger partial charge is 0.490 e. The highest BCUT2D eigenvalue weighted by molar-refractivity contribution is 6.30. The summed E-state index contributed by atoms with van der Waals surface area (Å²) in [6.45, 7) is 10.9. The Morgan fingerprint density at radius 2 is 1.70 bits per heavy atom. The predicted molar refractivity (Wildman–Crippen MR) is 112 cm³/mol. The Balaban J connectivity index is 1.46. The minimum atomic E-state index is -0.497. The first-order valence-electron chi connectivity index (χ1n) is 9.54. The normalized spacial score (nSPS) is 16.4. The lowest BCUT2D eigenvalue weighted by Crippen LogP contribution is -2.49. The van der Waals surface area contributed by atoms with Gasteiger partial charge < -0.3 is 14.7 Å². The highest BCUT2D eigenvalue weighted by Gasteiger charge is 2.20. The fraction of sp³-hybridized carbons (Fsp3) is 0.455. The Bertz CT molecular complexity index is 750. The lowest BCUT2D eigenvalue weighted by atomic mass is 10.1. The number of hydrogen-bond donors (Lipinski definition) is 1. The number of hydrogen-bond acceptors (Lipinski definition) is 4. The molecule has 2 aromatic carbocycles. The third kappa shape index (κ3) is 5.38. The summed E-state index contributed by atoms with van der Waals surface area (Å²) >= 11 is 6.09. The van der Waals surface area contributed by atoms with Gasteiger partial charge >= 0.3 is 0 Å². The van der Waals surface area contributed by atoms with Gasteiger partial charge in [-0.25, -0.2) is 0 Å². The van der Waals surface area contributed by atoms with Gasteiger partial charge in [0.2, 0.25) is 0 Å². The number of anilines is 1. The molecular formula is C22H29ClN2O2. The van der Waals surface area contributed by atoms with Crippen molar-refractivity contribution in [3.8, 4) is 5.75 Å². The standard InChI is InChI=1S/C22H29ClN2O2/c1-16-11-17(2)22(18(3)12-16)27-15-21(26)14-24-7-9-25(10-8-24)20-6-4-5-19(23)13-20/h4-6,11-13,21,26H,7-10,14-15H2,1-3H3. The number of rotatable bonds is 6. The van der Waals surface area contributed by atoms with Gasteiger partial charge in [-0.2, -0.15) is 0 Å². The Morgan fingerprint density at radius 1 is 1.04 bits per heavy atom. The molecule has 0 aromatic heterocycles. The maximum absolute atomic E-state index is 10.4. The van der Waals surface area contributed by atoms with E-state index in [-0.39, 0.29) is 0 Å². The van der Waals surface area contributed by atoms with Crippen LogP contribution in [0.15, 0.2) is 36.4 Å². The molecule has 0 spiro atoms. The Hall–Kier alpha value is -1.75. The molecule has 1 saturated heterocycles.